The number of hydrogen-bond acceptors (Lipinski definition) is 6. The third kappa shape index (κ3) is 6.78. The van der Waals surface area contributed by atoms with Crippen molar-refractivity contribution in [1.82, 2.24) is 25.3 Å². The Labute approximate surface area is 203 Å². The van der Waals surface area contributed by atoms with Crippen LogP contribution in [0.3, 0.4) is 0 Å². The Morgan fingerprint density at radius 1 is 1.09 bits per heavy atom. The van der Waals surface area contributed by atoms with Crippen molar-refractivity contribution in [2.75, 3.05) is 17.2 Å². The number of halogens is 1. The number of carbonyl (C=O) groups excluding carboxylic acids is 2. The van der Waals surface area contributed by atoms with E-state index < -0.39 is 11.7 Å². The van der Waals surface area contributed by atoms with E-state index >= 15 is 0 Å². The lowest BCUT2D eigenvalue weighted by atomic mass is 10.1. The van der Waals surface area contributed by atoms with Crippen LogP contribution < -0.4 is 16.0 Å². The number of amides is 3. The number of nitrogens with zero attached hydrogens (tertiary/aromatic N) is 4. The highest BCUT2D eigenvalue weighted by molar-refractivity contribution is 5.93. The van der Waals surface area contributed by atoms with E-state index in [-0.39, 0.29) is 24.8 Å². The van der Waals surface area contributed by atoms with Crippen LogP contribution in [0.2, 0.25) is 0 Å². The molecule has 4 rings (SSSR count). The molecule has 1 aliphatic rings. The van der Waals surface area contributed by atoms with Gasteiger partial charge in [-0.25, -0.2) is 24.1 Å². The fourth-order valence-corrected chi connectivity index (χ4v) is 3.36. The second-order valence-corrected chi connectivity index (χ2v) is 9.17. The lowest BCUT2D eigenvalue weighted by Gasteiger charge is -2.14. The zero-order chi connectivity index (χ0) is 25.0. The van der Waals surface area contributed by atoms with Crippen molar-refractivity contribution in [1.29, 1.82) is 0 Å². The second kappa shape index (κ2) is 10.1. The van der Waals surface area contributed by atoms with Crippen molar-refractivity contribution in [3.63, 3.8) is 0 Å². The molecule has 3 amide bonds. The fourth-order valence-electron chi connectivity index (χ4n) is 3.36. The third-order valence-corrected chi connectivity index (χ3v) is 5.50. The maximum absolute atomic E-state index is 13.6. The van der Waals surface area contributed by atoms with Crippen LogP contribution in [0.15, 0.2) is 42.9 Å². The molecule has 3 aromatic heterocycles. The van der Waals surface area contributed by atoms with Crippen LogP contribution in [0, 0.1) is 12.8 Å². The first-order valence-corrected chi connectivity index (χ1v) is 11.5. The minimum absolute atomic E-state index is 0.0125. The summed E-state index contributed by atoms with van der Waals surface area (Å²) in [6, 6.07) is 6.66. The first-order valence-electron chi connectivity index (χ1n) is 11.5. The first-order chi connectivity index (χ1) is 16.7. The summed E-state index contributed by atoms with van der Waals surface area (Å²) >= 11 is 0. The number of pyridine rings is 2. The van der Waals surface area contributed by atoms with E-state index in [1.54, 1.807) is 36.8 Å². The molecule has 35 heavy (non-hydrogen) atoms. The van der Waals surface area contributed by atoms with Gasteiger partial charge in [0.1, 0.15) is 11.5 Å². The lowest BCUT2D eigenvalue weighted by Crippen LogP contribution is -2.32. The standard InChI is InChI=1S/C25H28FN7O2/c1-15-19(13-18(14-30-15)31-24(35)29-11-8-25(2,3)26)22-28-10-7-20(32-22)17-6-9-27-21(12-17)33-23(34)16-4-5-16/h6-7,9-10,12-14,16H,4-5,8,11H2,1-3H3,(H,27,33,34)(H2,29,31,35). The van der Waals surface area contributed by atoms with Gasteiger partial charge in [0, 0.05) is 41.7 Å². The van der Waals surface area contributed by atoms with Gasteiger partial charge in [0.15, 0.2) is 5.82 Å². The van der Waals surface area contributed by atoms with E-state index in [2.05, 4.69) is 35.9 Å². The summed E-state index contributed by atoms with van der Waals surface area (Å²) in [7, 11) is 0. The average Bonchev–Trinajstić information content (AvgIpc) is 3.65. The number of aromatic nitrogens is 4. The van der Waals surface area contributed by atoms with Crippen LogP contribution in [0.1, 0.15) is 38.8 Å². The molecule has 3 aromatic rings. The molecular weight excluding hydrogens is 449 g/mol. The summed E-state index contributed by atoms with van der Waals surface area (Å²) in [6.45, 7) is 4.97. The number of aryl methyl sites for hydroxylation is 1. The highest BCUT2D eigenvalue weighted by Crippen LogP contribution is 2.30. The van der Waals surface area contributed by atoms with Gasteiger partial charge in [-0.1, -0.05) is 0 Å². The zero-order valence-corrected chi connectivity index (χ0v) is 19.9. The molecule has 0 atom stereocenters. The van der Waals surface area contributed by atoms with Crippen LogP contribution in [0.25, 0.3) is 22.6 Å². The molecule has 0 spiro atoms. The monoisotopic (exact) mass is 477 g/mol. The van der Waals surface area contributed by atoms with Crippen molar-refractivity contribution >= 4 is 23.4 Å². The van der Waals surface area contributed by atoms with Gasteiger partial charge in [-0.15, -0.1) is 0 Å². The number of hydrogen-bond donors (Lipinski definition) is 3. The predicted octanol–water partition coefficient (Wildman–Crippen LogP) is 4.52. The molecule has 0 radical (unpaired) electrons. The minimum atomic E-state index is -1.35. The Morgan fingerprint density at radius 3 is 2.60 bits per heavy atom. The Kier molecular flexibility index (Phi) is 6.99. The van der Waals surface area contributed by atoms with Crippen molar-refractivity contribution in [2.24, 2.45) is 5.92 Å². The fraction of sp³-hybridized carbons (Fsp3) is 0.360. The van der Waals surface area contributed by atoms with Gasteiger partial charge < -0.3 is 16.0 Å². The van der Waals surface area contributed by atoms with Crippen molar-refractivity contribution < 1.29 is 14.0 Å². The van der Waals surface area contributed by atoms with Crippen molar-refractivity contribution in [2.45, 2.75) is 45.7 Å². The molecule has 0 aromatic carbocycles. The van der Waals surface area contributed by atoms with Crippen LogP contribution in [0.5, 0.6) is 0 Å². The molecule has 10 heteroatoms. The number of nitrogens with one attached hydrogen (secondary N) is 3. The maximum atomic E-state index is 13.6. The molecule has 0 saturated heterocycles. The van der Waals surface area contributed by atoms with E-state index in [0.717, 1.165) is 18.4 Å². The third-order valence-electron chi connectivity index (χ3n) is 5.50. The molecule has 1 aliphatic carbocycles. The van der Waals surface area contributed by atoms with Crippen LogP contribution >= 0.6 is 0 Å². The predicted molar refractivity (Wildman–Crippen MR) is 131 cm³/mol. The minimum Gasteiger partial charge on any atom is -0.338 e. The molecule has 182 valence electrons. The smallest absolute Gasteiger partial charge is 0.319 e. The Morgan fingerprint density at radius 2 is 1.86 bits per heavy atom. The zero-order valence-electron chi connectivity index (χ0n) is 19.9. The first kappa shape index (κ1) is 24.2. The molecular formula is C25H28FN7O2. The highest BCUT2D eigenvalue weighted by atomic mass is 19.1. The molecule has 0 bridgehead atoms. The summed E-state index contributed by atoms with van der Waals surface area (Å²) in [5.74, 6) is 0.989. The summed E-state index contributed by atoms with van der Waals surface area (Å²) in [4.78, 5) is 41.9. The molecule has 9 nitrogen and oxygen atoms in total. The van der Waals surface area contributed by atoms with Gasteiger partial charge in [-0.05, 0) is 64.3 Å². The summed E-state index contributed by atoms with van der Waals surface area (Å²) < 4.78 is 13.6. The summed E-state index contributed by atoms with van der Waals surface area (Å²) in [5, 5.41) is 8.20. The van der Waals surface area contributed by atoms with E-state index in [1.165, 1.54) is 13.8 Å². The van der Waals surface area contributed by atoms with Gasteiger partial charge in [0.25, 0.3) is 0 Å². The number of anilines is 2. The second-order valence-electron chi connectivity index (χ2n) is 9.17. The van der Waals surface area contributed by atoms with Crippen LogP contribution in [-0.2, 0) is 4.79 Å². The van der Waals surface area contributed by atoms with Gasteiger partial charge in [-0.3, -0.25) is 9.78 Å². The molecule has 3 N–H and O–H groups in total. The Hall–Kier alpha value is -3.95. The Bertz CT molecular complexity index is 1240. The number of urea groups is 1. The van der Waals surface area contributed by atoms with Gasteiger partial charge >= 0.3 is 6.03 Å². The van der Waals surface area contributed by atoms with E-state index in [1.807, 2.05) is 13.0 Å². The normalized spacial score (nSPS) is 13.3. The SMILES string of the molecule is Cc1ncc(NC(=O)NCCC(C)(C)F)cc1-c1nccc(-c2ccnc(NC(=O)C3CC3)c2)n1. The van der Waals surface area contributed by atoms with Crippen LogP contribution in [-0.4, -0.2) is 44.1 Å². The van der Waals surface area contributed by atoms with Crippen LogP contribution in [0.4, 0.5) is 20.7 Å². The maximum Gasteiger partial charge on any atom is 0.319 e. The number of alkyl halides is 1. The van der Waals surface area contributed by atoms with E-state index in [4.69, 9.17) is 0 Å². The quantitative estimate of drug-likeness (QED) is 0.439. The van der Waals surface area contributed by atoms with Crippen molar-refractivity contribution in [3.05, 3.63) is 48.5 Å². The Balaban J connectivity index is 1.50. The molecule has 3 heterocycles. The number of rotatable bonds is 8. The number of carbonyl (C=O) groups is 2. The highest BCUT2D eigenvalue weighted by Gasteiger charge is 2.29. The molecule has 0 aliphatic heterocycles. The van der Waals surface area contributed by atoms with Crippen molar-refractivity contribution in [3.8, 4) is 22.6 Å². The van der Waals surface area contributed by atoms with E-state index in [9.17, 15) is 14.0 Å². The summed E-state index contributed by atoms with van der Waals surface area (Å²) in [5.41, 5.74) is 1.90. The molecule has 1 fully saturated rings. The average molecular weight is 478 g/mol. The van der Waals surface area contributed by atoms with Gasteiger partial charge in [0.2, 0.25) is 5.91 Å². The largest absolute Gasteiger partial charge is 0.338 e. The van der Waals surface area contributed by atoms with Gasteiger partial charge in [0.05, 0.1) is 17.6 Å². The lowest BCUT2D eigenvalue weighted by molar-refractivity contribution is -0.117. The van der Waals surface area contributed by atoms with Gasteiger partial charge in [-0.2, -0.15) is 0 Å². The topological polar surface area (TPSA) is 122 Å². The van der Waals surface area contributed by atoms with E-state index in [0.29, 0.717) is 34.3 Å². The molecule has 1 saturated carbocycles. The molecule has 0 unspecified atom stereocenters. The summed E-state index contributed by atoms with van der Waals surface area (Å²) in [6.07, 6.45) is 6.85.